The molecule has 0 bridgehead atoms. The second kappa shape index (κ2) is 5.75. The number of hydrogen-bond acceptors (Lipinski definition) is 3. The van der Waals surface area contributed by atoms with Crippen molar-refractivity contribution in [2.45, 2.75) is 25.8 Å². The summed E-state index contributed by atoms with van der Waals surface area (Å²) < 4.78 is 5.39. The van der Waals surface area contributed by atoms with Gasteiger partial charge in [0.25, 0.3) is 0 Å². The monoisotopic (exact) mass is 220 g/mol. The van der Waals surface area contributed by atoms with Crippen LogP contribution in [0, 0.1) is 0 Å². The maximum absolute atomic E-state index is 5.39. The van der Waals surface area contributed by atoms with Gasteiger partial charge in [-0.1, -0.05) is 0 Å². The van der Waals surface area contributed by atoms with Crippen LogP contribution in [0.1, 0.15) is 19.8 Å². The molecule has 0 unspecified atom stereocenters. The summed E-state index contributed by atoms with van der Waals surface area (Å²) in [5, 5.41) is 6.85. The van der Waals surface area contributed by atoms with E-state index in [2.05, 4.69) is 22.8 Å². The fourth-order valence-corrected chi connectivity index (χ4v) is 1.61. The van der Waals surface area contributed by atoms with E-state index >= 15 is 0 Å². The van der Waals surface area contributed by atoms with Gasteiger partial charge in [0.15, 0.2) is 0 Å². The molecule has 1 aromatic carbocycles. The van der Waals surface area contributed by atoms with E-state index in [1.54, 1.807) is 0 Å². The quantitative estimate of drug-likeness (QED) is 0.691. The minimum atomic E-state index is 0.720. The maximum Gasteiger partial charge on any atom is 0.119 e. The molecule has 0 atom stereocenters. The molecule has 0 saturated heterocycles. The van der Waals surface area contributed by atoms with Gasteiger partial charge >= 0.3 is 0 Å². The molecule has 2 N–H and O–H groups in total. The lowest BCUT2D eigenvalue weighted by atomic mass is 10.3. The highest BCUT2D eigenvalue weighted by Crippen LogP contribution is 2.18. The zero-order valence-corrected chi connectivity index (χ0v) is 9.83. The van der Waals surface area contributed by atoms with Crippen molar-refractivity contribution in [1.82, 2.24) is 5.32 Å². The fourth-order valence-electron chi connectivity index (χ4n) is 1.61. The van der Waals surface area contributed by atoms with Gasteiger partial charge in [-0.25, -0.2) is 0 Å². The smallest absolute Gasteiger partial charge is 0.119 e. The number of nitrogens with one attached hydrogen (secondary N) is 2. The first kappa shape index (κ1) is 11.3. The van der Waals surface area contributed by atoms with Crippen LogP contribution in [0.4, 0.5) is 5.69 Å². The van der Waals surface area contributed by atoms with Crippen LogP contribution < -0.4 is 15.4 Å². The minimum absolute atomic E-state index is 0.720. The predicted molar refractivity (Wildman–Crippen MR) is 67.1 cm³/mol. The molecule has 1 saturated carbocycles. The van der Waals surface area contributed by atoms with Crippen LogP contribution in [-0.4, -0.2) is 25.7 Å². The SMILES string of the molecule is CCOc1ccc(NCCNC2CC2)cc1. The van der Waals surface area contributed by atoms with Crippen LogP contribution in [0.2, 0.25) is 0 Å². The van der Waals surface area contributed by atoms with E-state index in [-0.39, 0.29) is 0 Å². The zero-order chi connectivity index (χ0) is 11.2. The molecular formula is C13H20N2O. The van der Waals surface area contributed by atoms with Crippen LogP contribution >= 0.6 is 0 Å². The second-order valence-electron chi connectivity index (χ2n) is 4.11. The fraction of sp³-hybridized carbons (Fsp3) is 0.538. The van der Waals surface area contributed by atoms with Gasteiger partial charge in [0, 0.05) is 24.8 Å². The third kappa shape index (κ3) is 3.74. The Kier molecular flexibility index (Phi) is 4.05. The highest BCUT2D eigenvalue weighted by atomic mass is 16.5. The molecule has 88 valence electrons. The highest BCUT2D eigenvalue weighted by Gasteiger charge is 2.19. The Morgan fingerprint density at radius 2 is 1.94 bits per heavy atom. The van der Waals surface area contributed by atoms with Crippen LogP contribution in [-0.2, 0) is 0 Å². The summed E-state index contributed by atoms with van der Waals surface area (Å²) in [6, 6.07) is 8.91. The van der Waals surface area contributed by atoms with Gasteiger partial charge in [-0.2, -0.15) is 0 Å². The van der Waals surface area contributed by atoms with Crippen molar-refractivity contribution in [3.05, 3.63) is 24.3 Å². The molecule has 0 aliphatic heterocycles. The van der Waals surface area contributed by atoms with Gasteiger partial charge in [-0.15, -0.1) is 0 Å². The summed E-state index contributed by atoms with van der Waals surface area (Å²) in [5.41, 5.74) is 1.15. The van der Waals surface area contributed by atoms with Crippen molar-refractivity contribution in [3.8, 4) is 5.75 Å². The average molecular weight is 220 g/mol. The van der Waals surface area contributed by atoms with Crippen molar-refractivity contribution < 1.29 is 4.74 Å². The third-order valence-corrected chi connectivity index (χ3v) is 2.63. The number of ether oxygens (including phenoxy) is 1. The molecule has 0 radical (unpaired) electrons. The summed E-state index contributed by atoms with van der Waals surface area (Å²) in [7, 11) is 0. The molecule has 1 aromatic rings. The largest absolute Gasteiger partial charge is 0.494 e. The lowest BCUT2D eigenvalue weighted by Crippen LogP contribution is -2.23. The standard InChI is InChI=1S/C13H20N2O/c1-2-16-13-7-5-12(6-8-13)15-10-9-14-11-3-4-11/h5-8,11,14-15H,2-4,9-10H2,1H3. The molecule has 16 heavy (non-hydrogen) atoms. The Morgan fingerprint density at radius 1 is 1.19 bits per heavy atom. The summed E-state index contributed by atoms with van der Waals surface area (Å²) in [5.74, 6) is 0.934. The van der Waals surface area contributed by atoms with Crippen LogP contribution in [0.15, 0.2) is 24.3 Å². The lowest BCUT2D eigenvalue weighted by Gasteiger charge is -2.08. The van der Waals surface area contributed by atoms with E-state index in [9.17, 15) is 0 Å². The van der Waals surface area contributed by atoms with Crippen molar-refractivity contribution in [2.24, 2.45) is 0 Å². The van der Waals surface area contributed by atoms with Crippen molar-refractivity contribution in [1.29, 1.82) is 0 Å². The van der Waals surface area contributed by atoms with E-state index in [0.717, 1.165) is 37.2 Å². The second-order valence-corrected chi connectivity index (χ2v) is 4.11. The molecule has 1 fully saturated rings. The average Bonchev–Trinajstić information content (AvgIpc) is 3.11. The third-order valence-electron chi connectivity index (χ3n) is 2.63. The Labute approximate surface area is 97.2 Å². The van der Waals surface area contributed by atoms with Gasteiger partial charge in [0.2, 0.25) is 0 Å². The number of benzene rings is 1. The molecule has 1 aliphatic rings. The summed E-state index contributed by atoms with van der Waals surface area (Å²) in [4.78, 5) is 0. The first-order valence-electron chi connectivity index (χ1n) is 6.08. The summed E-state index contributed by atoms with van der Waals surface area (Å²) >= 11 is 0. The van der Waals surface area contributed by atoms with Crippen LogP contribution in [0.5, 0.6) is 5.75 Å². The molecule has 0 spiro atoms. The van der Waals surface area contributed by atoms with Gasteiger partial charge in [0.1, 0.15) is 5.75 Å². The molecule has 3 nitrogen and oxygen atoms in total. The topological polar surface area (TPSA) is 33.3 Å². The lowest BCUT2D eigenvalue weighted by molar-refractivity contribution is 0.340. The summed E-state index contributed by atoms with van der Waals surface area (Å²) in [6.45, 7) is 4.73. The van der Waals surface area contributed by atoms with Crippen molar-refractivity contribution in [3.63, 3.8) is 0 Å². The maximum atomic E-state index is 5.39. The van der Waals surface area contributed by atoms with Crippen LogP contribution in [0.3, 0.4) is 0 Å². The predicted octanol–water partition coefficient (Wildman–Crippen LogP) is 2.25. The molecular weight excluding hydrogens is 200 g/mol. The molecule has 2 rings (SSSR count). The Morgan fingerprint density at radius 3 is 2.56 bits per heavy atom. The molecule has 0 heterocycles. The van der Waals surface area contributed by atoms with Crippen molar-refractivity contribution >= 4 is 5.69 Å². The molecule has 3 heteroatoms. The van der Waals surface area contributed by atoms with Gasteiger partial charge in [-0.3, -0.25) is 0 Å². The molecule has 1 aliphatic carbocycles. The summed E-state index contributed by atoms with van der Waals surface area (Å²) in [6.07, 6.45) is 2.70. The number of hydrogen-bond donors (Lipinski definition) is 2. The molecule has 0 aromatic heterocycles. The van der Waals surface area contributed by atoms with Gasteiger partial charge < -0.3 is 15.4 Å². The van der Waals surface area contributed by atoms with E-state index in [1.807, 2.05) is 19.1 Å². The first-order chi connectivity index (χ1) is 7.88. The first-order valence-corrected chi connectivity index (χ1v) is 6.08. The van der Waals surface area contributed by atoms with E-state index in [0.29, 0.717) is 0 Å². The highest BCUT2D eigenvalue weighted by molar-refractivity contribution is 5.46. The van der Waals surface area contributed by atoms with E-state index in [4.69, 9.17) is 4.74 Å². The number of rotatable bonds is 7. The zero-order valence-electron chi connectivity index (χ0n) is 9.83. The van der Waals surface area contributed by atoms with Gasteiger partial charge in [-0.05, 0) is 44.0 Å². The van der Waals surface area contributed by atoms with Crippen LogP contribution in [0.25, 0.3) is 0 Å². The Balaban J connectivity index is 1.67. The number of anilines is 1. The van der Waals surface area contributed by atoms with Crippen molar-refractivity contribution in [2.75, 3.05) is 25.0 Å². The van der Waals surface area contributed by atoms with E-state index in [1.165, 1.54) is 12.8 Å². The Bertz CT molecular complexity index is 306. The van der Waals surface area contributed by atoms with Gasteiger partial charge in [0.05, 0.1) is 6.61 Å². The Hall–Kier alpha value is -1.22. The van der Waals surface area contributed by atoms with E-state index < -0.39 is 0 Å². The normalized spacial score (nSPS) is 14.8. The minimum Gasteiger partial charge on any atom is -0.494 e. The molecule has 0 amide bonds.